The van der Waals surface area contributed by atoms with Crippen LogP contribution in [0.1, 0.15) is 45.6 Å². The molecule has 6 atom stereocenters. The Hall–Kier alpha value is -3.97. The lowest BCUT2D eigenvalue weighted by Gasteiger charge is -2.28. The number of fused-ring (bicyclic) bond motifs is 1. The van der Waals surface area contributed by atoms with Gasteiger partial charge in [-0.15, -0.1) is 0 Å². The number of carboxylic acids is 1. The highest BCUT2D eigenvalue weighted by molar-refractivity contribution is 5.95. The molecule has 6 unspecified atom stereocenters. The van der Waals surface area contributed by atoms with Crippen molar-refractivity contribution in [2.75, 3.05) is 0 Å². The van der Waals surface area contributed by atoms with E-state index < -0.39 is 59.9 Å². The molecule has 1 heterocycles. The number of aliphatic carboxylic acids is 1. The van der Waals surface area contributed by atoms with Crippen LogP contribution in [0.2, 0.25) is 0 Å². The van der Waals surface area contributed by atoms with Gasteiger partial charge in [0, 0.05) is 29.9 Å². The molecular weight excluding hydrogens is 508 g/mol. The van der Waals surface area contributed by atoms with E-state index in [0.717, 1.165) is 10.9 Å². The number of nitrogens with two attached hydrogens (primary N) is 2. The number of benzene rings is 1. The summed E-state index contributed by atoms with van der Waals surface area (Å²) < 4.78 is 0. The number of aromatic amines is 1. The molecule has 0 aliphatic rings. The monoisotopic (exact) mass is 546 g/mol. The van der Waals surface area contributed by atoms with Crippen LogP contribution >= 0.6 is 0 Å². The van der Waals surface area contributed by atoms with Crippen LogP contribution in [0.5, 0.6) is 0 Å². The van der Waals surface area contributed by atoms with E-state index in [9.17, 15) is 34.2 Å². The number of rotatable bonds is 15. The molecule has 0 radical (unpaired) electrons. The maximum absolute atomic E-state index is 13.4. The average molecular weight is 547 g/mol. The largest absolute Gasteiger partial charge is 0.480 e. The van der Waals surface area contributed by atoms with Gasteiger partial charge in [0.15, 0.2) is 6.04 Å². The number of carbonyl (C=O) groups excluding carboxylic acids is 4. The van der Waals surface area contributed by atoms with E-state index in [4.69, 9.17) is 11.5 Å². The number of aliphatic hydroxyl groups excluding tert-OH is 1. The first kappa shape index (κ1) is 31.2. The van der Waals surface area contributed by atoms with Crippen molar-refractivity contribution in [1.82, 2.24) is 20.9 Å². The number of nitrogens with one attached hydrogen (secondary N) is 4. The zero-order chi connectivity index (χ0) is 29.3. The van der Waals surface area contributed by atoms with Crippen molar-refractivity contribution in [2.24, 2.45) is 17.4 Å². The Labute approximate surface area is 226 Å². The summed E-state index contributed by atoms with van der Waals surface area (Å²) in [4.78, 5) is 65.0. The Morgan fingerprint density at radius 2 is 1.62 bits per heavy atom. The van der Waals surface area contributed by atoms with Gasteiger partial charge in [-0.2, -0.15) is 0 Å². The molecule has 214 valence electrons. The number of para-hydroxylation sites is 1. The van der Waals surface area contributed by atoms with Gasteiger partial charge in [-0.25, -0.2) is 4.79 Å². The zero-order valence-corrected chi connectivity index (χ0v) is 22.3. The number of carboxylic acid groups (broad SMARTS) is 1. The van der Waals surface area contributed by atoms with Crippen molar-refractivity contribution >= 4 is 40.5 Å². The van der Waals surface area contributed by atoms with Crippen molar-refractivity contribution in [2.45, 2.75) is 76.7 Å². The fourth-order valence-electron chi connectivity index (χ4n) is 4.02. The smallest absolute Gasteiger partial charge is 0.328 e. The first-order valence-corrected chi connectivity index (χ1v) is 12.8. The second kappa shape index (κ2) is 14.3. The van der Waals surface area contributed by atoms with E-state index in [1.165, 1.54) is 6.92 Å². The molecule has 13 nitrogen and oxygen atoms in total. The quantitative estimate of drug-likeness (QED) is 0.142. The number of H-pyrrole nitrogens is 1. The van der Waals surface area contributed by atoms with E-state index in [1.54, 1.807) is 13.1 Å². The van der Waals surface area contributed by atoms with Crippen molar-refractivity contribution in [3.05, 3.63) is 36.0 Å². The van der Waals surface area contributed by atoms with Crippen LogP contribution in [-0.2, 0) is 30.4 Å². The number of primary amides is 1. The lowest BCUT2D eigenvalue weighted by Crippen LogP contribution is -2.60. The second-order valence-electron chi connectivity index (χ2n) is 9.67. The van der Waals surface area contributed by atoms with Crippen molar-refractivity contribution in [3.8, 4) is 0 Å². The summed E-state index contributed by atoms with van der Waals surface area (Å²) in [5, 5.41) is 27.6. The molecule has 2 aromatic rings. The molecule has 1 aromatic heterocycles. The Kier molecular flexibility index (Phi) is 11.4. The molecule has 0 spiro atoms. The summed E-state index contributed by atoms with van der Waals surface area (Å²) in [7, 11) is 0. The SMILES string of the molecule is CCC(C)C(NC(=O)C(N)CCC(N)=O)C(=O)NC(Cc1c[nH]c2ccccc12)C(=O)NC(C(=O)O)C(C)O. The number of carbonyl (C=O) groups is 5. The molecular formula is C26H38N6O7. The highest BCUT2D eigenvalue weighted by Gasteiger charge is 2.34. The van der Waals surface area contributed by atoms with Crippen LogP contribution < -0.4 is 27.4 Å². The summed E-state index contributed by atoms with van der Waals surface area (Å²) in [6.07, 6.45) is 0.675. The third kappa shape index (κ3) is 8.79. The number of aromatic nitrogens is 1. The average Bonchev–Trinajstić information content (AvgIpc) is 3.29. The second-order valence-corrected chi connectivity index (χ2v) is 9.67. The highest BCUT2D eigenvalue weighted by atomic mass is 16.4. The molecule has 10 N–H and O–H groups in total. The van der Waals surface area contributed by atoms with Crippen LogP contribution in [0.25, 0.3) is 10.9 Å². The topological polar surface area (TPSA) is 230 Å². The Bertz CT molecular complexity index is 1180. The van der Waals surface area contributed by atoms with Crippen LogP contribution in [-0.4, -0.2) is 75.1 Å². The maximum Gasteiger partial charge on any atom is 0.328 e. The predicted molar refractivity (Wildman–Crippen MR) is 143 cm³/mol. The van der Waals surface area contributed by atoms with Gasteiger partial charge < -0.3 is 42.6 Å². The summed E-state index contributed by atoms with van der Waals surface area (Å²) in [6, 6.07) is 2.33. The van der Waals surface area contributed by atoms with Crippen molar-refractivity contribution in [3.63, 3.8) is 0 Å². The number of amides is 4. The van der Waals surface area contributed by atoms with E-state index in [-0.39, 0.29) is 25.2 Å². The van der Waals surface area contributed by atoms with Gasteiger partial charge in [0.1, 0.15) is 12.1 Å². The first-order valence-electron chi connectivity index (χ1n) is 12.8. The number of hydrogen-bond acceptors (Lipinski definition) is 7. The van der Waals surface area contributed by atoms with Gasteiger partial charge in [-0.3, -0.25) is 19.2 Å². The summed E-state index contributed by atoms with van der Waals surface area (Å²) in [6.45, 7) is 4.78. The summed E-state index contributed by atoms with van der Waals surface area (Å²) in [5.74, 6) is -4.58. The van der Waals surface area contributed by atoms with Gasteiger partial charge >= 0.3 is 5.97 Å². The number of aliphatic hydroxyl groups is 1. The highest BCUT2D eigenvalue weighted by Crippen LogP contribution is 2.20. The van der Waals surface area contributed by atoms with Gasteiger partial charge in [0.2, 0.25) is 23.6 Å². The van der Waals surface area contributed by atoms with E-state index >= 15 is 0 Å². The molecule has 13 heteroatoms. The molecule has 0 saturated carbocycles. The van der Waals surface area contributed by atoms with Gasteiger partial charge in [0.25, 0.3) is 0 Å². The molecule has 0 saturated heterocycles. The zero-order valence-electron chi connectivity index (χ0n) is 22.3. The van der Waals surface area contributed by atoms with Gasteiger partial charge in [0.05, 0.1) is 12.1 Å². The Balaban J connectivity index is 2.32. The minimum atomic E-state index is -1.60. The Morgan fingerprint density at radius 1 is 0.974 bits per heavy atom. The molecule has 0 aliphatic heterocycles. The first-order chi connectivity index (χ1) is 18.3. The third-order valence-corrected chi connectivity index (χ3v) is 6.61. The summed E-state index contributed by atoms with van der Waals surface area (Å²) >= 11 is 0. The van der Waals surface area contributed by atoms with E-state index in [0.29, 0.717) is 12.0 Å². The van der Waals surface area contributed by atoms with Crippen LogP contribution in [0.15, 0.2) is 30.5 Å². The minimum Gasteiger partial charge on any atom is -0.480 e. The van der Waals surface area contributed by atoms with Crippen molar-refractivity contribution < 1.29 is 34.2 Å². The summed E-state index contributed by atoms with van der Waals surface area (Å²) in [5.41, 5.74) is 12.5. The van der Waals surface area contributed by atoms with Gasteiger partial charge in [-0.1, -0.05) is 38.5 Å². The lowest BCUT2D eigenvalue weighted by molar-refractivity contribution is -0.145. The molecule has 2 rings (SSSR count). The predicted octanol–water partition coefficient (Wildman–Crippen LogP) is -0.731. The van der Waals surface area contributed by atoms with Gasteiger partial charge in [-0.05, 0) is 30.9 Å². The van der Waals surface area contributed by atoms with Crippen LogP contribution in [0.3, 0.4) is 0 Å². The standard InChI is InChI=1S/C26H38N6O7/c1-4-13(2)21(31-23(35)17(27)9-10-20(28)34)25(37)30-19(24(36)32-22(14(3)33)26(38)39)11-15-12-29-18-8-6-5-7-16(15)18/h5-8,12-14,17,19,21-22,29,33H,4,9-11,27H2,1-3H3,(H2,28,34)(H,30,37)(H,31,35)(H,32,36)(H,38,39). The van der Waals surface area contributed by atoms with E-state index in [2.05, 4.69) is 20.9 Å². The normalized spacial score (nSPS) is 15.8. The molecule has 1 aromatic carbocycles. The number of hydrogen-bond donors (Lipinski definition) is 8. The minimum absolute atomic E-state index is 0.00245. The Morgan fingerprint density at radius 3 is 2.21 bits per heavy atom. The van der Waals surface area contributed by atoms with Crippen molar-refractivity contribution in [1.29, 1.82) is 0 Å². The van der Waals surface area contributed by atoms with E-state index in [1.807, 2.05) is 31.2 Å². The lowest BCUT2D eigenvalue weighted by atomic mass is 9.96. The fourth-order valence-corrected chi connectivity index (χ4v) is 4.02. The van der Waals surface area contributed by atoms with Crippen LogP contribution in [0.4, 0.5) is 0 Å². The molecule has 0 fully saturated rings. The third-order valence-electron chi connectivity index (χ3n) is 6.61. The molecule has 39 heavy (non-hydrogen) atoms. The van der Waals surface area contributed by atoms with Crippen LogP contribution in [0, 0.1) is 5.92 Å². The molecule has 4 amide bonds. The maximum atomic E-state index is 13.4. The fraction of sp³-hybridized carbons (Fsp3) is 0.500. The molecule has 0 bridgehead atoms. The molecule has 0 aliphatic carbocycles.